The maximum absolute atomic E-state index is 13.6. The van der Waals surface area contributed by atoms with Crippen molar-refractivity contribution in [2.24, 2.45) is 0 Å². The van der Waals surface area contributed by atoms with Crippen LogP contribution in [0.2, 0.25) is 0 Å². The van der Waals surface area contributed by atoms with Gasteiger partial charge in [0.2, 0.25) is 12.4 Å². The Labute approximate surface area is 273 Å². The van der Waals surface area contributed by atoms with Crippen LogP contribution in [-0.4, -0.2) is 54.6 Å². The molecule has 9 nitrogen and oxygen atoms in total. The monoisotopic (exact) mass is 636 g/mol. The summed E-state index contributed by atoms with van der Waals surface area (Å²) in [5.41, 5.74) is 0.933. The predicted molar refractivity (Wildman–Crippen MR) is 172 cm³/mol. The van der Waals surface area contributed by atoms with Crippen molar-refractivity contribution in [3.63, 3.8) is 0 Å². The minimum atomic E-state index is -1.51. The lowest BCUT2D eigenvalue weighted by molar-refractivity contribution is -0.279. The van der Waals surface area contributed by atoms with Gasteiger partial charge in [0.05, 0.1) is 22.3 Å². The van der Waals surface area contributed by atoms with Crippen molar-refractivity contribution >= 4 is 23.9 Å². The number of carbonyl (C=O) groups excluding carboxylic acids is 4. The van der Waals surface area contributed by atoms with Gasteiger partial charge in [0, 0.05) is 0 Å². The van der Waals surface area contributed by atoms with Crippen molar-refractivity contribution in [1.82, 2.24) is 0 Å². The Bertz CT molecular complexity index is 1610. The van der Waals surface area contributed by atoms with E-state index < -0.39 is 54.6 Å². The third-order valence-electron chi connectivity index (χ3n) is 7.67. The summed E-state index contributed by atoms with van der Waals surface area (Å²) in [5.74, 6) is -2.96. The van der Waals surface area contributed by atoms with E-state index in [1.54, 1.807) is 121 Å². The Hall–Kier alpha value is -5.28. The van der Waals surface area contributed by atoms with Crippen LogP contribution in [-0.2, 0) is 23.7 Å². The van der Waals surface area contributed by atoms with Crippen molar-refractivity contribution in [1.29, 1.82) is 0 Å². The normalized spacial score (nSPS) is 20.4. The maximum atomic E-state index is 13.6. The number of hydrogen-bond donors (Lipinski definition) is 0. The van der Waals surface area contributed by atoms with E-state index in [1.165, 1.54) is 0 Å². The van der Waals surface area contributed by atoms with Crippen molar-refractivity contribution in [2.75, 3.05) is 0 Å². The summed E-state index contributed by atoms with van der Waals surface area (Å²) in [7, 11) is 0. The van der Waals surface area contributed by atoms with Crippen LogP contribution in [0.15, 0.2) is 121 Å². The lowest BCUT2D eigenvalue weighted by Crippen LogP contribution is -2.62. The van der Waals surface area contributed by atoms with Gasteiger partial charge in [0.25, 0.3) is 0 Å². The highest BCUT2D eigenvalue weighted by Gasteiger charge is 2.54. The number of unbranched alkanes of at least 4 members (excludes halogenated alkanes) is 2. The minimum absolute atomic E-state index is 0.205. The minimum Gasteiger partial charge on any atom is -0.452 e. The molecule has 0 bridgehead atoms. The molecule has 0 saturated carbocycles. The van der Waals surface area contributed by atoms with Gasteiger partial charge in [-0.05, 0) is 55.0 Å². The fourth-order valence-corrected chi connectivity index (χ4v) is 5.25. The molecule has 4 aromatic rings. The van der Waals surface area contributed by atoms with Crippen molar-refractivity contribution in [3.05, 3.63) is 144 Å². The zero-order chi connectivity index (χ0) is 33.0. The topological polar surface area (TPSA) is 114 Å². The molecule has 1 saturated heterocycles. The van der Waals surface area contributed by atoms with E-state index >= 15 is 0 Å². The van der Waals surface area contributed by atoms with Gasteiger partial charge in [0.1, 0.15) is 6.10 Å². The lowest BCUT2D eigenvalue weighted by atomic mass is 9.94. The zero-order valence-corrected chi connectivity index (χ0v) is 25.9. The van der Waals surface area contributed by atoms with Crippen LogP contribution in [0.3, 0.4) is 0 Å². The SMILES string of the molecule is CCCCC[C@@H]1O[C@H](OC(=O)c2ccccc2)[C@@H](OC(=O)c2ccccc2)[C@H](OC(=O)c2ccccc2)[C@@H]1OC(=O)c1ccccc1. The van der Waals surface area contributed by atoms with E-state index in [4.69, 9.17) is 23.7 Å². The smallest absolute Gasteiger partial charge is 0.340 e. The molecule has 1 aliphatic heterocycles. The van der Waals surface area contributed by atoms with Crippen LogP contribution in [0.1, 0.15) is 74.0 Å². The molecule has 0 amide bonds. The Balaban J connectivity index is 1.56. The highest BCUT2D eigenvalue weighted by molar-refractivity contribution is 5.92. The second-order valence-corrected chi connectivity index (χ2v) is 11.0. The van der Waals surface area contributed by atoms with E-state index in [1.807, 2.05) is 6.92 Å². The Kier molecular flexibility index (Phi) is 11.5. The number of ether oxygens (including phenoxy) is 5. The molecule has 0 aromatic heterocycles. The molecule has 0 aliphatic carbocycles. The summed E-state index contributed by atoms with van der Waals surface area (Å²) in [6.45, 7) is 2.04. The zero-order valence-electron chi connectivity index (χ0n) is 25.9. The molecule has 0 unspecified atom stereocenters. The molecule has 0 radical (unpaired) electrons. The van der Waals surface area contributed by atoms with Crippen molar-refractivity contribution < 1.29 is 42.9 Å². The molecule has 1 aliphatic rings. The van der Waals surface area contributed by atoms with Crippen LogP contribution in [0.5, 0.6) is 0 Å². The third kappa shape index (κ3) is 8.71. The van der Waals surface area contributed by atoms with Gasteiger partial charge < -0.3 is 23.7 Å². The van der Waals surface area contributed by atoms with Crippen LogP contribution in [0, 0.1) is 0 Å². The Morgan fingerprint density at radius 1 is 0.489 bits per heavy atom. The average molecular weight is 637 g/mol. The molecule has 5 atom stereocenters. The molecule has 242 valence electrons. The summed E-state index contributed by atoms with van der Waals surface area (Å²) in [4.78, 5) is 53.9. The van der Waals surface area contributed by atoms with E-state index in [9.17, 15) is 19.2 Å². The molecular formula is C38H36O9. The van der Waals surface area contributed by atoms with E-state index in [0.717, 1.165) is 12.8 Å². The first-order valence-electron chi connectivity index (χ1n) is 15.6. The summed E-state index contributed by atoms with van der Waals surface area (Å²) in [6, 6.07) is 33.1. The average Bonchev–Trinajstić information content (AvgIpc) is 3.12. The summed E-state index contributed by atoms with van der Waals surface area (Å²) >= 11 is 0. The molecule has 1 heterocycles. The highest BCUT2D eigenvalue weighted by Crippen LogP contribution is 2.34. The molecule has 1 fully saturated rings. The van der Waals surface area contributed by atoms with Crippen LogP contribution in [0.4, 0.5) is 0 Å². The van der Waals surface area contributed by atoms with Crippen molar-refractivity contribution in [3.8, 4) is 0 Å². The summed E-state index contributed by atoms with van der Waals surface area (Å²) in [6.07, 6.45) is -3.77. The molecule has 9 heteroatoms. The Morgan fingerprint density at radius 3 is 1.26 bits per heavy atom. The number of carbonyl (C=O) groups is 4. The predicted octanol–water partition coefficient (Wildman–Crippen LogP) is 6.83. The van der Waals surface area contributed by atoms with Gasteiger partial charge in [-0.2, -0.15) is 0 Å². The van der Waals surface area contributed by atoms with Crippen LogP contribution >= 0.6 is 0 Å². The first-order chi connectivity index (χ1) is 22.9. The molecule has 47 heavy (non-hydrogen) atoms. The highest BCUT2D eigenvalue weighted by atomic mass is 16.7. The molecule has 0 N–H and O–H groups in total. The largest absolute Gasteiger partial charge is 0.452 e. The lowest BCUT2D eigenvalue weighted by Gasteiger charge is -2.44. The van der Waals surface area contributed by atoms with Crippen LogP contribution in [0.25, 0.3) is 0 Å². The number of benzene rings is 4. The standard InChI is InChI=1S/C38H36O9/c1-2-3-8-25-30-31(44-34(39)26-17-9-4-10-18-26)32(45-35(40)27-19-11-5-12-20-27)33(46-36(41)28-21-13-6-14-22-28)38(43-30)47-37(42)29-23-15-7-16-24-29/h4-7,9-24,30-33,38H,2-3,8,25H2,1H3/t30-,31+,32+,33-,38+/m0/s1. The van der Waals surface area contributed by atoms with E-state index in [-0.39, 0.29) is 22.3 Å². The fraction of sp³-hybridized carbons (Fsp3) is 0.263. The van der Waals surface area contributed by atoms with Crippen molar-refractivity contribution in [2.45, 2.75) is 63.3 Å². The second-order valence-electron chi connectivity index (χ2n) is 11.0. The van der Waals surface area contributed by atoms with Gasteiger partial charge in [-0.25, -0.2) is 19.2 Å². The second kappa shape index (κ2) is 16.3. The molecular weight excluding hydrogens is 600 g/mol. The van der Waals surface area contributed by atoms with Gasteiger partial charge in [-0.15, -0.1) is 0 Å². The van der Waals surface area contributed by atoms with Crippen LogP contribution < -0.4 is 0 Å². The first-order valence-corrected chi connectivity index (χ1v) is 15.6. The summed E-state index contributed by atoms with van der Waals surface area (Å²) < 4.78 is 30.3. The number of esters is 4. The maximum Gasteiger partial charge on any atom is 0.340 e. The number of hydrogen-bond acceptors (Lipinski definition) is 9. The third-order valence-corrected chi connectivity index (χ3v) is 7.67. The first kappa shape index (κ1) is 33.1. The number of rotatable bonds is 12. The molecule has 4 aromatic carbocycles. The summed E-state index contributed by atoms with van der Waals surface area (Å²) in [5, 5.41) is 0. The van der Waals surface area contributed by atoms with E-state index in [0.29, 0.717) is 12.8 Å². The van der Waals surface area contributed by atoms with E-state index in [2.05, 4.69) is 0 Å². The van der Waals surface area contributed by atoms with Gasteiger partial charge >= 0.3 is 23.9 Å². The quantitative estimate of drug-likeness (QED) is 0.0938. The van der Waals surface area contributed by atoms with Gasteiger partial charge in [0.15, 0.2) is 12.2 Å². The Morgan fingerprint density at radius 2 is 0.851 bits per heavy atom. The van der Waals surface area contributed by atoms with Gasteiger partial charge in [-0.3, -0.25) is 0 Å². The fourth-order valence-electron chi connectivity index (χ4n) is 5.25. The molecule has 5 rings (SSSR count). The van der Waals surface area contributed by atoms with Gasteiger partial charge in [-0.1, -0.05) is 99.0 Å². The molecule has 0 spiro atoms.